The Morgan fingerprint density at radius 2 is 1.55 bits per heavy atom. The quantitative estimate of drug-likeness (QED) is 0.702. The third kappa shape index (κ3) is 2.50. The Labute approximate surface area is 120 Å². The van der Waals surface area contributed by atoms with Crippen molar-refractivity contribution in [2.45, 2.75) is 12.8 Å². The normalized spacial score (nSPS) is 14.4. The maximum absolute atomic E-state index is 4.00. The zero-order valence-corrected chi connectivity index (χ0v) is 11.5. The zero-order valence-electron chi connectivity index (χ0n) is 11.5. The lowest BCUT2D eigenvalue weighted by molar-refractivity contribution is 0.944. The summed E-state index contributed by atoms with van der Waals surface area (Å²) in [6.45, 7) is 4.00. The van der Waals surface area contributed by atoms with E-state index in [0.717, 1.165) is 12.8 Å². The molecule has 0 aliphatic heterocycles. The van der Waals surface area contributed by atoms with Gasteiger partial charge in [0.15, 0.2) is 0 Å². The van der Waals surface area contributed by atoms with Gasteiger partial charge in [-0.3, -0.25) is 0 Å². The molecule has 3 rings (SSSR count). The van der Waals surface area contributed by atoms with E-state index in [0.29, 0.717) is 0 Å². The van der Waals surface area contributed by atoms with E-state index in [-0.39, 0.29) is 0 Å². The Kier molecular flexibility index (Phi) is 3.64. The van der Waals surface area contributed by atoms with Crippen molar-refractivity contribution in [1.29, 1.82) is 0 Å². The van der Waals surface area contributed by atoms with E-state index in [1.54, 1.807) is 0 Å². The molecule has 0 amide bonds. The van der Waals surface area contributed by atoms with E-state index in [1.165, 1.54) is 27.8 Å². The van der Waals surface area contributed by atoms with Crippen LogP contribution < -0.4 is 0 Å². The largest absolute Gasteiger partial charge is 0.0984 e. The molecule has 0 spiro atoms. The number of hydrogen-bond donors (Lipinski definition) is 0. The second-order valence-corrected chi connectivity index (χ2v) is 5.04. The van der Waals surface area contributed by atoms with Crippen molar-refractivity contribution >= 4 is 11.6 Å². The molecule has 0 atom stereocenters. The van der Waals surface area contributed by atoms with Crippen LogP contribution in [0.15, 0.2) is 78.9 Å². The highest BCUT2D eigenvalue weighted by Crippen LogP contribution is 2.32. The molecule has 0 heteroatoms. The smallest absolute Gasteiger partial charge is 0.0149 e. The fourth-order valence-corrected chi connectivity index (χ4v) is 2.75. The van der Waals surface area contributed by atoms with Crippen molar-refractivity contribution in [2.24, 2.45) is 0 Å². The molecule has 98 valence electrons. The number of allylic oxidation sites excluding steroid dienone is 4. The molecule has 0 saturated carbocycles. The van der Waals surface area contributed by atoms with Crippen molar-refractivity contribution in [3.8, 4) is 0 Å². The minimum Gasteiger partial charge on any atom is -0.0984 e. The molecule has 20 heavy (non-hydrogen) atoms. The fourth-order valence-electron chi connectivity index (χ4n) is 2.75. The minimum atomic E-state index is 1.09. The molecule has 0 bridgehead atoms. The first kappa shape index (κ1) is 12.7. The van der Waals surface area contributed by atoms with Crippen molar-refractivity contribution < 1.29 is 0 Å². The average Bonchev–Trinajstić information content (AvgIpc) is 2.53. The van der Waals surface area contributed by atoms with Crippen LogP contribution in [0.4, 0.5) is 0 Å². The molecule has 1 aliphatic carbocycles. The fraction of sp³-hybridized carbons (Fsp3) is 0.100. The van der Waals surface area contributed by atoms with Gasteiger partial charge >= 0.3 is 0 Å². The van der Waals surface area contributed by atoms with E-state index in [1.807, 2.05) is 12.1 Å². The minimum absolute atomic E-state index is 1.09. The van der Waals surface area contributed by atoms with Gasteiger partial charge in [-0.25, -0.2) is 0 Å². The second-order valence-electron chi connectivity index (χ2n) is 5.04. The van der Waals surface area contributed by atoms with Crippen LogP contribution in [-0.4, -0.2) is 0 Å². The molecule has 0 N–H and O–H groups in total. The summed E-state index contributed by atoms with van der Waals surface area (Å²) in [6, 6.07) is 19.1. The van der Waals surface area contributed by atoms with Crippen LogP contribution in [0.5, 0.6) is 0 Å². The summed E-state index contributed by atoms with van der Waals surface area (Å²) in [5.41, 5.74) is 6.66. The van der Waals surface area contributed by atoms with Gasteiger partial charge in [-0.15, -0.1) is 0 Å². The summed E-state index contributed by atoms with van der Waals surface area (Å²) in [5.74, 6) is 0. The molecule has 0 radical (unpaired) electrons. The van der Waals surface area contributed by atoms with E-state index in [4.69, 9.17) is 0 Å². The van der Waals surface area contributed by atoms with E-state index in [9.17, 15) is 0 Å². The van der Waals surface area contributed by atoms with Crippen molar-refractivity contribution in [2.75, 3.05) is 0 Å². The Balaban J connectivity index is 1.98. The molecule has 2 aromatic rings. The highest BCUT2D eigenvalue weighted by atomic mass is 14.2. The van der Waals surface area contributed by atoms with Gasteiger partial charge in [0, 0.05) is 0 Å². The maximum atomic E-state index is 4.00. The number of rotatable bonds is 3. The Morgan fingerprint density at radius 1 is 0.800 bits per heavy atom. The van der Waals surface area contributed by atoms with Gasteiger partial charge in [0.2, 0.25) is 0 Å². The molecular formula is C20H18. The Hall–Kier alpha value is -2.34. The molecule has 2 aromatic carbocycles. The summed E-state index contributed by atoms with van der Waals surface area (Å²) >= 11 is 0. The Morgan fingerprint density at radius 3 is 2.35 bits per heavy atom. The number of hydrogen-bond acceptors (Lipinski definition) is 0. The first-order valence-electron chi connectivity index (χ1n) is 7.05. The number of fused-ring (bicyclic) bond motifs is 1. The highest BCUT2D eigenvalue weighted by Gasteiger charge is 2.14. The van der Waals surface area contributed by atoms with Crippen LogP contribution in [0.1, 0.15) is 23.1 Å². The van der Waals surface area contributed by atoms with Crippen molar-refractivity contribution in [3.63, 3.8) is 0 Å². The van der Waals surface area contributed by atoms with E-state index >= 15 is 0 Å². The predicted octanol–water partition coefficient (Wildman–Crippen LogP) is 5.29. The summed E-state index contributed by atoms with van der Waals surface area (Å²) in [5, 5.41) is 0. The monoisotopic (exact) mass is 258 g/mol. The molecule has 0 aromatic heterocycles. The van der Waals surface area contributed by atoms with Crippen LogP contribution in [0.2, 0.25) is 0 Å². The summed E-state index contributed by atoms with van der Waals surface area (Å²) in [7, 11) is 0. The average molecular weight is 258 g/mol. The lowest BCUT2D eigenvalue weighted by Gasteiger charge is -2.19. The SMILES string of the molecule is C=CC1=C(/C=C/c2ccccc2)CCc2ccccc21. The first-order chi connectivity index (χ1) is 9.88. The molecule has 0 saturated heterocycles. The summed E-state index contributed by atoms with van der Waals surface area (Å²) in [4.78, 5) is 0. The van der Waals surface area contributed by atoms with Crippen LogP contribution in [0, 0.1) is 0 Å². The number of aryl methyl sites for hydroxylation is 1. The standard InChI is InChI=1S/C20H18/c1-2-19-18(13-12-16-8-4-3-5-9-16)15-14-17-10-6-7-11-20(17)19/h2-13H,1,14-15H2/b13-12+. The molecular weight excluding hydrogens is 240 g/mol. The second kappa shape index (κ2) is 5.75. The molecule has 0 unspecified atom stereocenters. The van der Waals surface area contributed by atoms with Crippen LogP contribution in [-0.2, 0) is 6.42 Å². The number of benzene rings is 2. The Bertz CT molecular complexity index is 672. The van der Waals surface area contributed by atoms with Crippen molar-refractivity contribution in [1.82, 2.24) is 0 Å². The molecule has 0 heterocycles. The lowest BCUT2D eigenvalue weighted by Crippen LogP contribution is -2.02. The van der Waals surface area contributed by atoms with Gasteiger partial charge in [-0.05, 0) is 40.7 Å². The third-order valence-electron chi connectivity index (χ3n) is 3.80. The van der Waals surface area contributed by atoms with Gasteiger partial charge in [-0.2, -0.15) is 0 Å². The van der Waals surface area contributed by atoms with E-state index < -0.39 is 0 Å². The zero-order chi connectivity index (χ0) is 13.8. The molecule has 1 aliphatic rings. The predicted molar refractivity (Wildman–Crippen MR) is 87.4 cm³/mol. The molecule has 0 fully saturated rings. The first-order valence-corrected chi connectivity index (χ1v) is 7.05. The van der Waals surface area contributed by atoms with Gasteiger partial charge < -0.3 is 0 Å². The third-order valence-corrected chi connectivity index (χ3v) is 3.80. The highest BCUT2D eigenvalue weighted by molar-refractivity contribution is 5.82. The van der Waals surface area contributed by atoms with Gasteiger partial charge in [-0.1, -0.05) is 79.4 Å². The summed E-state index contributed by atoms with van der Waals surface area (Å²) in [6.07, 6.45) is 8.61. The lowest BCUT2D eigenvalue weighted by atomic mass is 9.85. The van der Waals surface area contributed by atoms with Crippen LogP contribution in [0.3, 0.4) is 0 Å². The van der Waals surface area contributed by atoms with Crippen LogP contribution in [0.25, 0.3) is 11.6 Å². The van der Waals surface area contributed by atoms with E-state index in [2.05, 4.69) is 67.3 Å². The molecule has 0 nitrogen and oxygen atoms in total. The van der Waals surface area contributed by atoms with Crippen LogP contribution >= 0.6 is 0 Å². The maximum Gasteiger partial charge on any atom is -0.0149 e. The van der Waals surface area contributed by atoms with Crippen molar-refractivity contribution in [3.05, 3.63) is 95.6 Å². The topological polar surface area (TPSA) is 0 Å². The van der Waals surface area contributed by atoms with Gasteiger partial charge in [0.05, 0.1) is 0 Å². The van der Waals surface area contributed by atoms with Gasteiger partial charge in [0.25, 0.3) is 0 Å². The van der Waals surface area contributed by atoms with Gasteiger partial charge in [0.1, 0.15) is 0 Å². The summed E-state index contributed by atoms with van der Waals surface area (Å²) < 4.78 is 0.